The number of ketones is 1. The van der Waals surface area contributed by atoms with Crippen molar-refractivity contribution in [3.63, 3.8) is 0 Å². The summed E-state index contributed by atoms with van der Waals surface area (Å²) < 4.78 is 22.6. The second kappa shape index (κ2) is 12.0. The van der Waals surface area contributed by atoms with E-state index in [1.807, 2.05) is 6.92 Å². The fourth-order valence-corrected chi connectivity index (χ4v) is 3.70. The topological polar surface area (TPSA) is 104 Å². The minimum absolute atomic E-state index is 0.0655. The van der Waals surface area contributed by atoms with Crippen molar-refractivity contribution < 1.29 is 33.6 Å². The van der Waals surface area contributed by atoms with Crippen LogP contribution in [0.3, 0.4) is 0 Å². The van der Waals surface area contributed by atoms with Crippen molar-refractivity contribution >= 4 is 11.8 Å². The Hall–Kier alpha value is -2.19. The van der Waals surface area contributed by atoms with Crippen LogP contribution in [0.4, 0.5) is 0 Å². The third kappa shape index (κ3) is 6.90. The van der Waals surface area contributed by atoms with Crippen molar-refractivity contribution in [1.29, 1.82) is 0 Å². The Balaban J connectivity index is 2.14. The summed E-state index contributed by atoms with van der Waals surface area (Å²) in [6.45, 7) is 9.18. The molecule has 0 bridgehead atoms. The van der Waals surface area contributed by atoms with Gasteiger partial charge in [-0.15, -0.1) is 0 Å². The van der Waals surface area contributed by atoms with E-state index in [2.05, 4.69) is 25.8 Å². The maximum atomic E-state index is 12.9. The van der Waals surface area contributed by atoms with Crippen molar-refractivity contribution in [2.45, 2.75) is 59.2 Å². The summed E-state index contributed by atoms with van der Waals surface area (Å²) in [5.74, 6) is -1.42. The van der Waals surface area contributed by atoms with E-state index in [9.17, 15) is 14.7 Å². The molecule has 0 unspecified atom stereocenters. The molecule has 8 nitrogen and oxygen atoms in total. The molecule has 2 heterocycles. The zero-order valence-electron chi connectivity index (χ0n) is 19.1. The number of Topliss-reactive ketones (excluding diaryl/α,β-unsaturated/α-hetero) is 1. The van der Waals surface area contributed by atoms with Crippen molar-refractivity contribution in [2.75, 3.05) is 26.9 Å². The summed E-state index contributed by atoms with van der Waals surface area (Å²) in [6, 6.07) is 1.45. The van der Waals surface area contributed by atoms with Gasteiger partial charge in [-0.1, -0.05) is 27.2 Å². The monoisotopic (exact) mass is 437 g/mol. The lowest BCUT2D eigenvalue weighted by Crippen LogP contribution is -2.41. The van der Waals surface area contributed by atoms with Crippen molar-refractivity contribution in [3.8, 4) is 11.5 Å². The van der Waals surface area contributed by atoms with Crippen LogP contribution in [0.25, 0.3) is 0 Å². The molecular formula is C23H35NO7. The summed E-state index contributed by atoms with van der Waals surface area (Å²) >= 11 is 0. The van der Waals surface area contributed by atoms with Crippen LogP contribution in [-0.2, 0) is 19.0 Å². The predicted octanol–water partition coefficient (Wildman–Crippen LogP) is 3.40. The molecule has 1 aromatic rings. The van der Waals surface area contributed by atoms with E-state index in [0.29, 0.717) is 19.1 Å². The highest BCUT2D eigenvalue weighted by atomic mass is 16.6. The lowest BCUT2D eigenvalue weighted by atomic mass is 9.91. The van der Waals surface area contributed by atoms with Crippen molar-refractivity contribution in [3.05, 3.63) is 18.0 Å². The highest BCUT2D eigenvalue weighted by Gasteiger charge is 2.34. The second-order valence-corrected chi connectivity index (χ2v) is 8.40. The quantitative estimate of drug-likeness (QED) is 0.487. The van der Waals surface area contributed by atoms with Crippen LogP contribution in [0.2, 0.25) is 0 Å². The number of nitrogens with zero attached hydrogens (tertiary/aromatic N) is 1. The normalized spacial score (nSPS) is 25.2. The molecule has 31 heavy (non-hydrogen) atoms. The summed E-state index contributed by atoms with van der Waals surface area (Å²) in [4.78, 5) is 29.6. The summed E-state index contributed by atoms with van der Waals surface area (Å²) in [7, 11) is 1.39. The van der Waals surface area contributed by atoms with E-state index in [0.717, 1.165) is 12.8 Å². The second-order valence-electron chi connectivity index (χ2n) is 8.40. The molecule has 0 saturated carbocycles. The third-order valence-corrected chi connectivity index (χ3v) is 5.46. The summed E-state index contributed by atoms with van der Waals surface area (Å²) in [6.07, 6.45) is 2.16. The Morgan fingerprint density at radius 1 is 1.39 bits per heavy atom. The molecule has 0 aliphatic carbocycles. The first-order chi connectivity index (χ1) is 14.8. The number of aromatic nitrogens is 1. The van der Waals surface area contributed by atoms with Gasteiger partial charge in [-0.05, 0) is 25.2 Å². The smallest absolute Gasteiger partial charge is 0.312 e. The molecule has 174 valence electrons. The molecular weight excluding hydrogens is 402 g/mol. The fraction of sp³-hybridized carbons (Fsp3) is 0.696. The van der Waals surface area contributed by atoms with Gasteiger partial charge in [0.25, 0.3) is 0 Å². The Bertz CT molecular complexity index is 737. The Morgan fingerprint density at radius 2 is 2.13 bits per heavy atom. The van der Waals surface area contributed by atoms with Crippen molar-refractivity contribution in [1.82, 2.24) is 4.98 Å². The third-order valence-electron chi connectivity index (χ3n) is 5.46. The van der Waals surface area contributed by atoms with Gasteiger partial charge in [-0.2, -0.15) is 0 Å². The average Bonchev–Trinajstić information content (AvgIpc) is 2.73. The number of carbonyl (C=O) groups is 2. The van der Waals surface area contributed by atoms with Crippen LogP contribution in [-0.4, -0.2) is 61.0 Å². The lowest BCUT2D eigenvalue weighted by molar-refractivity contribution is -0.170. The molecule has 0 radical (unpaired) electrons. The maximum Gasteiger partial charge on any atom is 0.312 e. The number of carbonyl (C=O) groups excluding carboxylic acids is 2. The van der Waals surface area contributed by atoms with Gasteiger partial charge < -0.3 is 24.1 Å². The SMILES string of the molecule is CC[C@H]1CCOC[C@H](CC(=O)c2nccc(OC)c2O)C(=O)O[C@@H](C)[C@@H]1OCC(C)C. The van der Waals surface area contributed by atoms with Crippen LogP contribution < -0.4 is 4.74 Å². The molecule has 0 aromatic carbocycles. The molecule has 1 aliphatic rings. The number of aromatic hydroxyl groups is 1. The van der Waals surface area contributed by atoms with Gasteiger partial charge in [-0.25, -0.2) is 4.98 Å². The predicted molar refractivity (Wildman–Crippen MR) is 114 cm³/mol. The van der Waals surface area contributed by atoms with Gasteiger partial charge in [0.15, 0.2) is 23.0 Å². The lowest BCUT2D eigenvalue weighted by Gasteiger charge is -2.33. The van der Waals surface area contributed by atoms with Gasteiger partial charge in [0.1, 0.15) is 6.10 Å². The number of hydrogen-bond donors (Lipinski definition) is 1. The van der Waals surface area contributed by atoms with Crippen LogP contribution in [0.15, 0.2) is 12.3 Å². The van der Waals surface area contributed by atoms with E-state index >= 15 is 0 Å². The molecule has 1 N–H and O–H groups in total. The van der Waals surface area contributed by atoms with E-state index < -0.39 is 23.8 Å². The van der Waals surface area contributed by atoms with Crippen LogP contribution >= 0.6 is 0 Å². The zero-order valence-corrected chi connectivity index (χ0v) is 19.1. The highest BCUT2D eigenvalue weighted by molar-refractivity contribution is 5.99. The molecule has 2 rings (SSSR count). The first-order valence-corrected chi connectivity index (χ1v) is 10.9. The number of esters is 1. The number of methoxy groups -OCH3 is 1. The fourth-order valence-electron chi connectivity index (χ4n) is 3.70. The number of pyridine rings is 1. The summed E-state index contributed by atoms with van der Waals surface area (Å²) in [5, 5.41) is 10.2. The summed E-state index contributed by atoms with van der Waals surface area (Å²) in [5.41, 5.74) is -0.138. The minimum atomic E-state index is -0.800. The van der Waals surface area contributed by atoms with Gasteiger partial charge >= 0.3 is 5.97 Å². The number of hydrogen-bond acceptors (Lipinski definition) is 8. The average molecular weight is 438 g/mol. The molecule has 8 heteroatoms. The van der Waals surface area contributed by atoms with Crippen molar-refractivity contribution in [2.24, 2.45) is 17.8 Å². The molecule has 0 spiro atoms. The Labute approximate surface area is 184 Å². The Kier molecular flexibility index (Phi) is 9.71. The van der Waals surface area contributed by atoms with Crippen LogP contribution in [0.1, 0.15) is 57.4 Å². The van der Waals surface area contributed by atoms with Gasteiger partial charge in [0, 0.05) is 31.9 Å². The standard InChI is InChI=1S/C23H35NO7/c1-6-16-8-10-29-13-17(23(27)31-15(4)22(16)30-12-14(2)3)11-18(25)20-21(26)19(28-5)7-9-24-20/h7,9,14-17,22,26H,6,8,10-13H2,1-5H3/t15-,16-,17-,22-/m0/s1. The molecule has 1 aromatic heterocycles. The molecule has 1 saturated heterocycles. The zero-order chi connectivity index (χ0) is 23.0. The Morgan fingerprint density at radius 3 is 2.77 bits per heavy atom. The van der Waals surface area contributed by atoms with Crippen LogP contribution in [0, 0.1) is 17.8 Å². The molecule has 0 amide bonds. The first-order valence-electron chi connectivity index (χ1n) is 10.9. The van der Waals surface area contributed by atoms with E-state index in [-0.39, 0.29) is 42.2 Å². The van der Waals surface area contributed by atoms with Gasteiger partial charge in [0.2, 0.25) is 0 Å². The van der Waals surface area contributed by atoms with E-state index in [1.165, 1.54) is 19.4 Å². The number of ether oxygens (including phenoxy) is 4. The molecule has 1 fully saturated rings. The van der Waals surface area contributed by atoms with Gasteiger partial charge in [-0.3, -0.25) is 9.59 Å². The minimum Gasteiger partial charge on any atom is -0.503 e. The maximum absolute atomic E-state index is 12.9. The molecule has 4 atom stereocenters. The number of cyclic esters (lactones) is 1. The largest absolute Gasteiger partial charge is 0.503 e. The van der Waals surface area contributed by atoms with E-state index in [4.69, 9.17) is 18.9 Å². The highest BCUT2D eigenvalue weighted by Crippen LogP contribution is 2.30. The first kappa shape index (κ1) is 25.1. The molecule has 1 aliphatic heterocycles. The van der Waals surface area contributed by atoms with Crippen LogP contribution in [0.5, 0.6) is 11.5 Å². The number of rotatable bonds is 8. The van der Waals surface area contributed by atoms with E-state index in [1.54, 1.807) is 0 Å². The van der Waals surface area contributed by atoms with Gasteiger partial charge in [0.05, 0.1) is 25.7 Å².